The highest BCUT2D eigenvalue weighted by Gasteiger charge is 2.81. The lowest BCUT2D eigenvalue weighted by Crippen LogP contribution is -2.72. The van der Waals surface area contributed by atoms with Gasteiger partial charge in [-0.15, -0.1) is 0 Å². The van der Waals surface area contributed by atoms with Crippen LogP contribution >= 0.6 is 0 Å². The number of carbonyl (C=O) groups is 1. The maximum absolute atomic E-state index is 13.7. The van der Waals surface area contributed by atoms with Crippen molar-refractivity contribution in [3.8, 4) is 0 Å². The fourth-order valence-corrected chi connectivity index (χ4v) is 12.1. The van der Waals surface area contributed by atoms with Crippen LogP contribution in [0.3, 0.4) is 0 Å². The van der Waals surface area contributed by atoms with Crippen molar-refractivity contribution in [2.75, 3.05) is 0 Å². The van der Waals surface area contributed by atoms with Crippen molar-refractivity contribution in [2.45, 2.75) is 124 Å². The van der Waals surface area contributed by atoms with Gasteiger partial charge in [-0.2, -0.15) is 0 Å². The summed E-state index contributed by atoms with van der Waals surface area (Å²) in [5, 5.41) is 10.9. The van der Waals surface area contributed by atoms with Gasteiger partial charge in [0.2, 0.25) is 0 Å². The molecule has 6 rings (SSSR count). The first-order chi connectivity index (χ1) is 15.3. The zero-order valence-electron chi connectivity index (χ0n) is 22.3. The number of esters is 1. The lowest BCUT2D eigenvalue weighted by molar-refractivity contribution is -0.289. The van der Waals surface area contributed by atoms with Gasteiger partial charge in [0.25, 0.3) is 0 Å². The average molecular weight is 457 g/mol. The second kappa shape index (κ2) is 6.40. The number of hydrogen-bond acceptors (Lipinski definition) is 3. The molecule has 1 aliphatic heterocycles. The van der Waals surface area contributed by atoms with Crippen molar-refractivity contribution in [1.82, 2.24) is 0 Å². The van der Waals surface area contributed by atoms with Crippen molar-refractivity contribution in [3.05, 3.63) is 0 Å². The van der Waals surface area contributed by atoms with Crippen LogP contribution in [0, 0.1) is 56.7 Å². The highest BCUT2D eigenvalue weighted by atomic mass is 16.6. The zero-order valence-corrected chi connectivity index (χ0v) is 22.3. The highest BCUT2D eigenvalue weighted by Crippen LogP contribution is 2.80. The molecule has 1 N–H and O–H groups in total. The van der Waals surface area contributed by atoms with E-state index in [2.05, 4.69) is 48.5 Å². The first-order valence-corrected chi connectivity index (χ1v) is 14.2. The maximum atomic E-state index is 13.7. The molecule has 1 saturated heterocycles. The van der Waals surface area contributed by atoms with Gasteiger partial charge in [0.1, 0.15) is 5.60 Å². The predicted molar refractivity (Wildman–Crippen MR) is 130 cm³/mol. The lowest BCUT2D eigenvalue weighted by atomic mass is 9.30. The largest absolute Gasteiger partial charge is 0.458 e. The van der Waals surface area contributed by atoms with E-state index in [1.54, 1.807) is 0 Å². The number of aliphatic hydroxyl groups is 1. The predicted octanol–water partition coefficient (Wildman–Crippen LogP) is 6.76. The Morgan fingerprint density at radius 2 is 1.52 bits per heavy atom. The van der Waals surface area contributed by atoms with Gasteiger partial charge in [-0.05, 0) is 104 Å². The monoisotopic (exact) mass is 456 g/mol. The molecule has 186 valence electrons. The Kier molecular flexibility index (Phi) is 4.44. The van der Waals surface area contributed by atoms with Crippen LogP contribution in [0.25, 0.3) is 0 Å². The molecule has 0 amide bonds. The molecular weight excluding hydrogens is 408 g/mol. The number of rotatable bonds is 0. The maximum Gasteiger partial charge on any atom is 0.313 e. The summed E-state index contributed by atoms with van der Waals surface area (Å²) < 4.78 is 6.80. The molecule has 0 unspecified atom stereocenters. The molecule has 0 aromatic rings. The minimum Gasteiger partial charge on any atom is -0.458 e. The van der Waals surface area contributed by atoms with Crippen molar-refractivity contribution >= 4 is 5.97 Å². The van der Waals surface area contributed by atoms with E-state index in [1.165, 1.54) is 25.7 Å². The molecule has 3 heteroatoms. The summed E-state index contributed by atoms with van der Waals surface area (Å²) in [6.45, 7) is 17.2. The number of carbonyl (C=O) groups excluding carboxylic acids is 1. The van der Waals surface area contributed by atoms with Gasteiger partial charge in [-0.3, -0.25) is 4.79 Å². The minimum absolute atomic E-state index is 0.0147. The van der Waals surface area contributed by atoms with E-state index in [-0.39, 0.29) is 44.7 Å². The molecular formula is C30H48O3. The molecule has 0 aromatic heterocycles. The second-order valence-corrected chi connectivity index (χ2v) is 15.1. The highest BCUT2D eigenvalue weighted by molar-refractivity contribution is 5.82. The van der Waals surface area contributed by atoms with Gasteiger partial charge in [0.05, 0.1) is 11.5 Å². The van der Waals surface area contributed by atoms with Crippen LogP contribution in [0.2, 0.25) is 0 Å². The SMILES string of the molecule is C[C@@H]1[C@H](C)CC[C@@]23CC[C@]4(C)[C@@](CC[C@H]5[C@]6(C)CC[C@H](O)C(C)(C)[C@H]6CC[C@]54C)(OC2=O)[C@@H]13. The first kappa shape index (κ1) is 22.9. The third-order valence-corrected chi connectivity index (χ3v) is 14.3. The quantitative estimate of drug-likeness (QED) is 0.409. The van der Waals surface area contributed by atoms with Crippen LogP contribution in [-0.4, -0.2) is 22.8 Å². The van der Waals surface area contributed by atoms with E-state index in [1.807, 2.05) is 0 Å². The zero-order chi connectivity index (χ0) is 23.8. The molecule has 1 spiro atoms. The summed E-state index contributed by atoms with van der Waals surface area (Å²) in [4.78, 5) is 13.7. The Hall–Kier alpha value is -0.570. The summed E-state index contributed by atoms with van der Waals surface area (Å²) in [5.74, 6) is 3.02. The van der Waals surface area contributed by atoms with Crippen molar-refractivity contribution < 1.29 is 14.6 Å². The summed E-state index contributed by atoms with van der Waals surface area (Å²) in [6.07, 6.45) is 11.0. The fourth-order valence-electron chi connectivity index (χ4n) is 12.1. The smallest absolute Gasteiger partial charge is 0.313 e. The van der Waals surface area contributed by atoms with Gasteiger partial charge in [0, 0.05) is 11.3 Å². The summed E-state index contributed by atoms with van der Waals surface area (Å²) >= 11 is 0. The van der Waals surface area contributed by atoms with E-state index in [9.17, 15) is 9.90 Å². The van der Waals surface area contributed by atoms with Crippen LogP contribution < -0.4 is 0 Å². The number of ether oxygens (including phenoxy) is 1. The third kappa shape index (κ3) is 2.27. The van der Waals surface area contributed by atoms with Gasteiger partial charge in [-0.1, -0.05) is 48.5 Å². The molecule has 1 heterocycles. The van der Waals surface area contributed by atoms with Crippen molar-refractivity contribution in [1.29, 1.82) is 0 Å². The van der Waals surface area contributed by atoms with Gasteiger partial charge in [-0.25, -0.2) is 0 Å². The summed E-state index contributed by atoms with van der Waals surface area (Å²) in [7, 11) is 0. The van der Waals surface area contributed by atoms with Crippen LogP contribution in [0.1, 0.15) is 113 Å². The molecule has 3 nitrogen and oxygen atoms in total. The summed E-state index contributed by atoms with van der Waals surface area (Å²) in [6, 6.07) is 0. The van der Waals surface area contributed by atoms with Gasteiger partial charge in [0.15, 0.2) is 0 Å². The van der Waals surface area contributed by atoms with Gasteiger partial charge >= 0.3 is 5.97 Å². The standard InChI is InChI=1S/C30H48O3/c1-18-8-14-29-17-16-28(7)27(6)13-9-20-25(3,4)22(31)11-12-26(20,5)21(27)10-15-30(28,33-24(29)32)23(29)19(18)2/h18-23,31H,8-17H2,1-7H3/t18-,19-,20-,21+,22+,23+,26-,27-,28+,29+,30+/m1/s1. The molecule has 2 bridgehead atoms. The van der Waals surface area contributed by atoms with Crippen molar-refractivity contribution in [3.63, 3.8) is 0 Å². The Balaban J connectivity index is 1.47. The minimum atomic E-state index is -0.269. The topological polar surface area (TPSA) is 46.5 Å². The molecule has 11 atom stereocenters. The molecule has 5 aliphatic carbocycles. The van der Waals surface area contributed by atoms with E-state index in [0.29, 0.717) is 29.6 Å². The van der Waals surface area contributed by atoms with E-state index in [0.717, 1.165) is 38.5 Å². The fraction of sp³-hybridized carbons (Fsp3) is 0.967. The molecule has 0 aromatic carbocycles. The van der Waals surface area contributed by atoms with Crippen LogP contribution in [0.4, 0.5) is 0 Å². The van der Waals surface area contributed by atoms with E-state index >= 15 is 0 Å². The Morgan fingerprint density at radius 1 is 0.818 bits per heavy atom. The summed E-state index contributed by atoms with van der Waals surface area (Å²) in [5.41, 5.74) is 0.0122. The van der Waals surface area contributed by atoms with Crippen LogP contribution in [0.15, 0.2) is 0 Å². The third-order valence-electron chi connectivity index (χ3n) is 14.3. The Labute approximate surface area is 201 Å². The molecule has 5 saturated carbocycles. The molecule has 33 heavy (non-hydrogen) atoms. The number of fused-ring (bicyclic) bond motifs is 4. The second-order valence-electron chi connectivity index (χ2n) is 15.1. The average Bonchev–Trinajstić information content (AvgIpc) is 2.95. The lowest BCUT2D eigenvalue weighted by Gasteiger charge is -2.74. The first-order valence-electron chi connectivity index (χ1n) is 14.2. The van der Waals surface area contributed by atoms with E-state index < -0.39 is 0 Å². The van der Waals surface area contributed by atoms with Crippen molar-refractivity contribution in [2.24, 2.45) is 56.7 Å². The molecule has 6 fully saturated rings. The number of hydrogen-bond donors (Lipinski definition) is 1. The molecule has 0 radical (unpaired) electrons. The Bertz CT molecular complexity index is 880. The van der Waals surface area contributed by atoms with Crippen LogP contribution in [0.5, 0.6) is 0 Å². The normalized spacial score (nSPS) is 61.3. The van der Waals surface area contributed by atoms with Gasteiger partial charge < -0.3 is 9.84 Å². The van der Waals surface area contributed by atoms with E-state index in [4.69, 9.17) is 4.74 Å². The molecule has 6 aliphatic rings. The Morgan fingerprint density at radius 3 is 2.24 bits per heavy atom. The number of aliphatic hydroxyl groups excluding tert-OH is 1. The van der Waals surface area contributed by atoms with Crippen LogP contribution in [-0.2, 0) is 9.53 Å².